The number of pyridine rings is 1. The van der Waals surface area contributed by atoms with Crippen molar-refractivity contribution in [3.63, 3.8) is 0 Å². The molecule has 0 saturated carbocycles. The number of carbonyl (C=O) groups excluding carboxylic acids is 1. The fraction of sp³-hybridized carbons (Fsp3) is 0.571. The number of anilines is 2. The molecule has 110 valence electrons. The molecule has 0 aromatic carbocycles. The number of hydrogen-bond acceptors (Lipinski definition) is 6. The van der Waals surface area contributed by atoms with Crippen LogP contribution in [0.25, 0.3) is 0 Å². The minimum absolute atomic E-state index is 0.341. The third-order valence-electron chi connectivity index (χ3n) is 3.36. The Bertz CT molecular complexity index is 481. The number of aromatic nitrogens is 1. The van der Waals surface area contributed by atoms with Gasteiger partial charge in [-0.2, -0.15) is 11.8 Å². The van der Waals surface area contributed by atoms with Gasteiger partial charge in [-0.3, -0.25) is 0 Å². The van der Waals surface area contributed by atoms with Gasteiger partial charge in [0.1, 0.15) is 0 Å². The van der Waals surface area contributed by atoms with E-state index in [0.29, 0.717) is 28.9 Å². The van der Waals surface area contributed by atoms with Gasteiger partial charge < -0.3 is 15.4 Å². The first kappa shape index (κ1) is 15.0. The molecule has 2 rings (SSSR count). The highest BCUT2D eigenvalue weighted by atomic mass is 32.2. The second-order valence-electron chi connectivity index (χ2n) is 4.66. The van der Waals surface area contributed by atoms with E-state index in [2.05, 4.69) is 16.8 Å². The van der Waals surface area contributed by atoms with E-state index < -0.39 is 0 Å². The summed E-state index contributed by atoms with van der Waals surface area (Å²) in [5.74, 6) is 1.38. The van der Waals surface area contributed by atoms with Gasteiger partial charge in [-0.25, -0.2) is 9.78 Å². The van der Waals surface area contributed by atoms with Crippen LogP contribution in [0.2, 0.25) is 0 Å². The van der Waals surface area contributed by atoms with Crippen molar-refractivity contribution >= 4 is 29.2 Å². The second-order valence-corrected chi connectivity index (χ2v) is 6.07. The van der Waals surface area contributed by atoms with E-state index in [4.69, 9.17) is 10.5 Å². The molecule has 1 aromatic heterocycles. The van der Waals surface area contributed by atoms with E-state index in [1.807, 2.05) is 11.8 Å². The monoisotopic (exact) mass is 295 g/mol. The normalized spacial score (nSPS) is 18.9. The lowest BCUT2D eigenvalue weighted by molar-refractivity contribution is 0.0527. The fourth-order valence-corrected chi connectivity index (χ4v) is 3.44. The summed E-state index contributed by atoms with van der Waals surface area (Å²) in [6, 6.07) is 1.62. The van der Waals surface area contributed by atoms with Gasteiger partial charge in [0.25, 0.3) is 0 Å². The second kappa shape index (κ2) is 6.83. The highest BCUT2D eigenvalue weighted by molar-refractivity contribution is 8.00. The number of rotatable bonds is 4. The quantitative estimate of drug-likeness (QED) is 0.859. The van der Waals surface area contributed by atoms with Crippen molar-refractivity contribution in [3.8, 4) is 0 Å². The molecule has 1 saturated heterocycles. The van der Waals surface area contributed by atoms with Crippen LogP contribution >= 0.6 is 11.8 Å². The maximum absolute atomic E-state index is 11.9. The number of carbonyl (C=O) groups is 1. The SMILES string of the molecule is CCOC(=O)c1ccnc(N2CCSC(CC)C2)c1N. The Morgan fingerprint density at radius 3 is 3.10 bits per heavy atom. The van der Waals surface area contributed by atoms with Crippen molar-refractivity contribution in [2.75, 3.05) is 36.1 Å². The first-order valence-electron chi connectivity index (χ1n) is 6.95. The highest BCUT2D eigenvalue weighted by Gasteiger charge is 2.24. The van der Waals surface area contributed by atoms with Gasteiger partial charge in [0.2, 0.25) is 0 Å². The minimum Gasteiger partial charge on any atom is -0.462 e. The van der Waals surface area contributed by atoms with Crippen molar-refractivity contribution in [1.29, 1.82) is 0 Å². The standard InChI is InChI=1S/C14H21N3O2S/c1-3-10-9-17(7-8-20-10)13-12(15)11(5-6-16-13)14(18)19-4-2/h5-6,10H,3-4,7-9,15H2,1-2H3. The molecule has 0 bridgehead atoms. The Kier molecular flexibility index (Phi) is 5.11. The van der Waals surface area contributed by atoms with E-state index in [9.17, 15) is 4.79 Å². The largest absolute Gasteiger partial charge is 0.462 e. The molecular formula is C14H21N3O2S. The highest BCUT2D eigenvalue weighted by Crippen LogP contribution is 2.29. The van der Waals surface area contributed by atoms with Crippen LogP contribution in [0.3, 0.4) is 0 Å². The third kappa shape index (κ3) is 3.17. The van der Waals surface area contributed by atoms with E-state index in [-0.39, 0.29) is 5.97 Å². The molecule has 2 N–H and O–H groups in total. The molecule has 20 heavy (non-hydrogen) atoms. The number of nitrogen functional groups attached to an aromatic ring is 1. The lowest BCUT2D eigenvalue weighted by Gasteiger charge is -2.33. The maximum Gasteiger partial charge on any atom is 0.340 e. The lowest BCUT2D eigenvalue weighted by Crippen LogP contribution is -2.38. The minimum atomic E-state index is -0.382. The van der Waals surface area contributed by atoms with Crippen LogP contribution < -0.4 is 10.6 Å². The topological polar surface area (TPSA) is 68.5 Å². The first-order chi connectivity index (χ1) is 9.67. The zero-order valence-electron chi connectivity index (χ0n) is 12.0. The molecule has 6 heteroatoms. The zero-order valence-corrected chi connectivity index (χ0v) is 12.8. The molecule has 1 aliphatic heterocycles. The maximum atomic E-state index is 11.9. The predicted octanol–water partition coefficient (Wildman–Crippen LogP) is 2.17. The van der Waals surface area contributed by atoms with Crippen LogP contribution in [0.4, 0.5) is 11.5 Å². The lowest BCUT2D eigenvalue weighted by atomic mass is 10.2. The van der Waals surface area contributed by atoms with Crippen LogP contribution in [0.1, 0.15) is 30.6 Å². The molecule has 0 radical (unpaired) electrons. The summed E-state index contributed by atoms with van der Waals surface area (Å²) in [6.07, 6.45) is 2.75. The van der Waals surface area contributed by atoms with Gasteiger partial charge in [0.15, 0.2) is 5.82 Å². The van der Waals surface area contributed by atoms with Crippen molar-refractivity contribution < 1.29 is 9.53 Å². The molecule has 0 spiro atoms. The van der Waals surface area contributed by atoms with Gasteiger partial charge in [-0.05, 0) is 19.4 Å². The van der Waals surface area contributed by atoms with Gasteiger partial charge in [-0.1, -0.05) is 6.92 Å². The molecule has 1 atom stereocenters. The van der Waals surface area contributed by atoms with Crippen LogP contribution in [0, 0.1) is 0 Å². The fourth-order valence-electron chi connectivity index (χ4n) is 2.26. The Labute approximate surface area is 123 Å². The zero-order chi connectivity index (χ0) is 14.5. The van der Waals surface area contributed by atoms with Crippen molar-refractivity contribution in [3.05, 3.63) is 17.8 Å². The molecule has 5 nitrogen and oxygen atoms in total. The average Bonchev–Trinajstić information content (AvgIpc) is 2.47. The molecule has 1 aliphatic rings. The van der Waals surface area contributed by atoms with Crippen molar-refractivity contribution in [2.45, 2.75) is 25.5 Å². The Balaban J connectivity index is 2.24. The van der Waals surface area contributed by atoms with Crippen molar-refractivity contribution in [2.24, 2.45) is 0 Å². The molecular weight excluding hydrogens is 274 g/mol. The van der Waals surface area contributed by atoms with Crippen molar-refractivity contribution in [1.82, 2.24) is 4.98 Å². The number of ether oxygens (including phenoxy) is 1. The van der Waals surface area contributed by atoms with E-state index in [1.165, 1.54) is 0 Å². The number of hydrogen-bond donors (Lipinski definition) is 1. The summed E-state index contributed by atoms with van der Waals surface area (Å²) in [4.78, 5) is 18.4. The molecule has 1 fully saturated rings. The number of thioether (sulfide) groups is 1. The first-order valence-corrected chi connectivity index (χ1v) is 8.00. The molecule has 0 amide bonds. The van der Waals surface area contributed by atoms with Crippen LogP contribution in [-0.4, -0.2) is 41.7 Å². The van der Waals surface area contributed by atoms with Gasteiger partial charge in [0.05, 0.1) is 17.9 Å². The Morgan fingerprint density at radius 2 is 2.40 bits per heavy atom. The molecule has 1 unspecified atom stereocenters. The van der Waals surface area contributed by atoms with Gasteiger partial charge in [-0.15, -0.1) is 0 Å². The summed E-state index contributed by atoms with van der Waals surface area (Å²) in [7, 11) is 0. The summed E-state index contributed by atoms with van der Waals surface area (Å²) < 4.78 is 5.02. The van der Waals surface area contributed by atoms with Crippen LogP contribution in [0.15, 0.2) is 12.3 Å². The van der Waals surface area contributed by atoms with E-state index >= 15 is 0 Å². The third-order valence-corrected chi connectivity index (χ3v) is 4.73. The molecule has 1 aromatic rings. The number of nitrogens with two attached hydrogens (primary N) is 1. The summed E-state index contributed by atoms with van der Waals surface area (Å²) >= 11 is 1.98. The average molecular weight is 295 g/mol. The van der Waals surface area contributed by atoms with Crippen LogP contribution in [-0.2, 0) is 4.74 Å². The summed E-state index contributed by atoms with van der Waals surface area (Å²) in [5.41, 5.74) is 6.95. The summed E-state index contributed by atoms with van der Waals surface area (Å²) in [6.45, 7) is 6.14. The molecule has 0 aliphatic carbocycles. The summed E-state index contributed by atoms with van der Waals surface area (Å²) in [5, 5.41) is 0.594. The predicted molar refractivity (Wildman–Crippen MR) is 83.4 cm³/mol. The molecule has 2 heterocycles. The van der Waals surface area contributed by atoms with E-state index in [1.54, 1.807) is 19.2 Å². The Morgan fingerprint density at radius 1 is 1.60 bits per heavy atom. The van der Waals surface area contributed by atoms with E-state index in [0.717, 1.165) is 25.3 Å². The van der Waals surface area contributed by atoms with Gasteiger partial charge in [0, 0.05) is 30.3 Å². The number of nitrogens with zero attached hydrogens (tertiary/aromatic N) is 2. The van der Waals surface area contributed by atoms with Crippen LogP contribution in [0.5, 0.6) is 0 Å². The van der Waals surface area contributed by atoms with Gasteiger partial charge >= 0.3 is 5.97 Å². The smallest absolute Gasteiger partial charge is 0.340 e. The Hall–Kier alpha value is -1.43. The number of esters is 1.